The zero-order valence-corrected chi connectivity index (χ0v) is 17.6. The van der Waals surface area contributed by atoms with E-state index in [2.05, 4.69) is 10.3 Å². The lowest BCUT2D eigenvalue weighted by Gasteiger charge is -2.14. The lowest BCUT2D eigenvalue weighted by atomic mass is 10.2. The summed E-state index contributed by atoms with van der Waals surface area (Å²) >= 11 is 11.9. The second-order valence-electron chi connectivity index (χ2n) is 6.47. The summed E-state index contributed by atoms with van der Waals surface area (Å²) in [6, 6.07) is 12.0. The first-order chi connectivity index (χ1) is 13.8. The molecule has 0 saturated heterocycles. The van der Waals surface area contributed by atoms with E-state index in [1.54, 1.807) is 31.3 Å². The Morgan fingerprint density at radius 1 is 1.14 bits per heavy atom. The zero-order chi connectivity index (χ0) is 21.1. The molecule has 0 radical (unpaired) electrons. The Morgan fingerprint density at radius 3 is 2.55 bits per heavy atom. The number of carbonyl (C=O) groups excluding carboxylic acids is 2. The van der Waals surface area contributed by atoms with Gasteiger partial charge in [0.25, 0.3) is 5.91 Å². The zero-order valence-electron chi connectivity index (χ0n) is 16.1. The number of halogens is 2. The molecular weight excluding hydrogens is 413 g/mol. The van der Waals surface area contributed by atoms with Gasteiger partial charge in [-0.3, -0.25) is 4.79 Å². The Hall–Kier alpha value is -2.83. The first-order valence-electron chi connectivity index (χ1n) is 8.85. The molecular formula is C21H19Cl2N3O3. The maximum Gasteiger partial charge on any atom is 0.340 e. The molecule has 0 saturated carbocycles. The van der Waals surface area contributed by atoms with E-state index in [0.717, 1.165) is 5.69 Å². The first kappa shape index (κ1) is 20.9. The monoisotopic (exact) mass is 431 g/mol. The van der Waals surface area contributed by atoms with Gasteiger partial charge in [-0.05, 0) is 57.2 Å². The van der Waals surface area contributed by atoms with Gasteiger partial charge in [0.15, 0.2) is 6.10 Å². The third kappa shape index (κ3) is 4.60. The quantitative estimate of drug-likeness (QED) is 0.578. The average molecular weight is 432 g/mol. The molecule has 0 bridgehead atoms. The summed E-state index contributed by atoms with van der Waals surface area (Å²) in [5, 5.41) is 3.38. The fourth-order valence-corrected chi connectivity index (χ4v) is 3.37. The summed E-state index contributed by atoms with van der Waals surface area (Å²) in [6.45, 7) is 5.17. The molecule has 2 heterocycles. The molecule has 0 spiro atoms. The average Bonchev–Trinajstić information content (AvgIpc) is 2.98. The largest absolute Gasteiger partial charge is 0.449 e. The minimum Gasteiger partial charge on any atom is -0.449 e. The third-order valence-electron chi connectivity index (χ3n) is 4.37. The number of pyridine rings is 1. The van der Waals surface area contributed by atoms with Gasteiger partial charge in [0, 0.05) is 22.6 Å². The molecule has 3 rings (SSSR count). The van der Waals surface area contributed by atoms with E-state index < -0.39 is 18.0 Å². The van der Waals surface area contributed by atoms with E-state index in [-0.39, 0.29) is 0 Å². The van der Waals surface area contributed by atoms with Crippen molar-refractivity contribution < 1.29 is 14.3 Å². The van der Waals surface area contributed by atoms with Crippen LogP contribution in [-0.4, -0.2) is 27.5 Å². The molecule has 29 heavy (non-hydrogen) atoms. The van der Waals surface area contributed by atoms with Crippen molar-refractivity contribution in [1.29, 1.82) is 0 Å². The minimum absolute atomic E-state index is 0.295. The van der Waals surface area contributed by atoms with Crippen molar-refractivity contribution in [3.05, 3.63) is 75.7 Å². The Morgan fingerprint density at radius 2 is 1.90 bits per heavy atom. The standard InChI is InChI=1S/C21H19Cl2N3O3/c1-12-10-16(13(2)26(12)19-6-4-5-9-24-19)21(28)29-14(3)20(27)25-18-8-7-15(22)11-17(18)23/h4-11,14H,1-3H3,(H,25,27)/t14-/m0/s1. The summed E-state index contributed by atoms with van der Waals surface area (Å²) in [6.07, 6.45) is 0.660. The highest BCUT2D eigenvalue weighted by atomic mass is 35.5. The van der Waals surface area contributed by atoms with Crippen LogP contribution in [0, 0.1) is 13.8 Å². The maximum absolute atomic E-state index is 12.7. The Balaban J connectivity index is 1.74. The third-order valence-corrected chi connectivity index (χ3v) is 4.92. The molecule has 0 aliphatic carbocycles. The first-order valence-corrected chi connectivity index (χ1v) is 9.60. The van der Waals surface area contributed by atoms with E-state index in [4.69, 9.17) is 27.9 Å². The van der Waals surface area contributed by atoms with Crippen LogP contribution in [0.2, 0.25) is 10.0 Å². The highest BCUT2D eigenvalue weighted by Crippen LogP contribution is 2.26. The molecule has 0 aliphatic rings. The van der Waals surface area contributed by atoms with Crippen LogP contribution in [0.1, 0.15) is 28.7 Å². The summed E-state index contributed by atoms with van der Waals surface area (Å²) < 4.78 is 7.22. The van der Waals surface area contributed by atoms with E-state index in [1.165, 1.54) is 13.0 Å². The smallest absolute Gasteiger partial charge is 0.340 e. The highest BCUT2D eigenvalue weighted by molar-refractivity contribution is 6.36. The number of hydrogen-bond donors (Lipinski definition) is 1. The number of carbonyl (C=O) groups is 2. The molecule has 1 atom stereocenters. The molecule has 0 aliphatic heterocycles. The normalized spacial score (nSPS) is 11.8. The van der Waals surface area contributed by atoms with Crippen LogP contribution >= 0.6 is 23.2 Å². The van der Waals surface area contributed by atoms with Crippen LogP contribution in [0.3, 0.4) is 0 Å². The number of amides is 1. The number of nitrogens with one attached hydrogen (secondary N) is 1. The van der Waals surface area contributed by atoms with Crippen LogP contribution < -0.4 is 5.32 Å². The predicted molar refractivity (Wildman–Crippen MR) is 113 cm³/mol. The topological polar surface area (TPSA) is 73.2 Å². The molecule has 2 aromatic heterocycles. The van der Waals surface area contributed by atoms with Gasteiger partial charge in [0.05, 0.1) is 16.3 Å². The number of aromatic nitrogens is 2. The lowest BCUT2D eigenvalue weighted by molar-refractivity contribution is -0.123. The van der Waals surface area contributed by atoms with Gasteiger partial charge >= 0.3 is 5.97 Å². The molecule has 8 heteroatoms. The van der Waals surface area contributed by atoms with Crippen molar-refractivity contribution in [2.45, 2.75) is 26.9 Å². The van der Waals surface area contributed by atoms with E-state index >= 15 is 0 Å². The van der Waals surface area contributed by atoms with Crippen LogP contribution in [0.15, 0.2) is 48.7 Å². The van der Waals surface area contributed by atoms with Crippen LogP contribution in [-0.2, 0) is 9.53 Å². The van der Waals surface area contributed by atoms with Gasteiger partial charge in [0.2, 0.25) is 0 Å². The summed E-state index contributed by atoms with van der Waals surface area (Å²) in [7, 11) is 0. The number of aryl methyl sites for hydroxylation is 1. The molecule has 150 valence electrons. The van der Waals surface area contributed by atoms with Gasteiger partial charge < -0.3 is 14.6 Å². The van der Waals surface area contributed by atoms with Gasteiger partial charge in [-0.2, -0.15) is 0 Å². The van der Waals surface area contributed by atoms with Gasteiger partial charge in [-0.15, -0.1) is 0 Å². The number of ether oxygens (including phenoxy) is 1. The Labute approximate surface area is 178 Å². The number of anilines is 1. The minimum atomic E-state index is -1.02. The number of hydrogen-bond acceptors (Lipinski definition) is 4. The van der Waals surface area contributed by atoms with Crippen molar-refractivity contribution in [2.75, 3.05) is 5.32 Å². The van der Waals surface area contributed by atoms with Gasteiger partial charge in [-0.1, -0.05) is 29.3 Å². The molecule has 1 N–H and O–H groups in total. The second-order valence-corrected chi connectivity index (χ2v) is 7.31. The molecule has 1 aromatic carbocycles. The fourth-order valence-electron chi connectivity index (χ4n) is 2.91. The summed E-state index contributed by atoms with van der Waals surface area (Å²) in [5.41, 5.74) is 2.27. The fraction of sp³-hybridized carbons (Fsp3) is 0.190. The van der Waals surface area contributed by atoms with Crippen LogP contribution in [0.25, 0.3) is 5.82 Å². The number of rotatable bonds is 5. The van der Waals surface area contributed by atoms with Crippen molar-refractivity contribution in [2.24, 2.45) is 0 Å². The van der Waals surface area contributed by atoms with Crippen molar-refractivity contribution in [3.63, 3.8) is 0 Å². The van der Waals surface area contributed by atoms with Crippen molar-refractivity contribution >= 4 is 40.8 Å². The van der Waals surface area contributed by atoms with Crippen LogP contribution in [0.5, 0.6) is 0 Å². The van der Waals surface area contributed by atoms with Gasteiger partial charge in [-0.25, -0.2) is 9.78 Å². The molecule has 3 aromatic rings. The predicted octanol–water partition coefficient (Wildman–Crippen LogP) is 4.98. The Bertz CT molecular complexity index is 1060. The van der Waals surface area contributed by atoms with E-state index in [9.17, 15) is 9.59 Å². The molecule has 6 nitrogen and oxygen atoms in total. The molecule has 1 amide bonds. The van der Waals surface area contributed by atoms with Crippen LogP contribution in [0.4, 0.5) is 5.69 Å². The van der Waals surface area contributed by atoms with E-state index in [0.29, 0.717) is 32.8 Å². The highest BCUT2D eigenvalue weighted by Gasteiger charge is 2.23. The summed E-state index contributed by atoms with van der Waals surface area (Å²) in [4.78, 5) is 29.4. The van der Waals surface area contributed by atoms with Crippen molar-refractivity contribution in [3.8, 4) is 5.82 Å². The number of benzene rings is 1. The Kier molecular flexibility index (Phi) is 6.25. The molecule has 0 unspecified atom stereocenters. The van der Waals surface area contributed by atoms with Gasteiger partial charge in [0.1, 0.15) is 5.82 Å². The number of esters is 1. The maximum atomic E-state index is 12.7. The van der Waals surface area contributed by atoms with E-state index in [1.807, 2.05) is 29.7 Å². The molecule has 0 fully saturated rings. The second kappa shape index (κ2) is 8.68. The van der Waals surface area contributed by atoms with Crippen molar-refractivity contribution in [1.82, 2.24) is 9.55 Å². The SMILES string of the molecule is Cc1cc(C(=O)O[C@@H](C)C(=O)Nc2ccc(Cl)cc2Cl)c(C)n1-c1ccccn1. The summed E-state index contributed by atoms with van der Waals surface area (Å²) in [5.74, 6) is -0.393. The number of nitrogens with zero attached hydrogens (tertiary/aromatic N) is 2. The lowest BCUT2D eigenvalue weighted by Crippen LogP contribution is -2.30.